The average Bonchev–Trinajstić information content (AvgIpc) is 2.63. The Morgan fingerprint density at radius 3 is 2.13 bits per heavy atom. The summed E-state index contributed by atoms with van der Waals surface area (Å²) in [4.78, 5) is 46.4. The topological polar surface area (TPSA) is 126 Å². The maximum atomic E-state index is 11.8. The third-order valence-electron chi connectivity index (χ3n) is 4.16. The van der Waals surface area contributed by atoms with E-state index in [2.05, 4.69) is 11.9 Å². The third kappa shape index (κ3) is 8.91. The second-order valence-corrected chi connectivity index (χ2v) is 6.88. The van der Waals surface area contributed by atoms with Gasteiger partial charge in [-0.15, -0.1) is 6.58 Å². The van der Waals surface area contributed by atoms with Gasteiger partial charge >= 0.3 is 17.9 Å². The second kappa shape index (κ2) is 13.0. The Morgan fingerprint density at radius 1 is 0.967 bits per heavy atom. The van der Waals surface area contributed by atoms with Crippen LogP contribution in [0.15, 0.2) is 12.7 Å². The Morgan fingerprint density at radius 2 is 1.60 bits per heavy atom. The Labute approximate surface area is 176 Å². The molecule has 1 rings (SSSR count). The molecule has 1 aliphatic rings. The molecule has 0 saturated carbocycles. The third-order valence-corrected chi connectivity index (χ3v) is 4.16. The lowest BCUT2D eigenvalue weighted by Gasteiger charge is -2.44. The van der Waals surface area contributed by atoms with Crippen LogP contribution in [0, 0.1) is 0 Å². The van der Waals surface area contributed by atoms with E-state index in [4.69, 9.17) is 23.7 Å². The molecular weight excluding hydrogens is 398 g/mol. The number of hydrogen-bond donors (Lipinski definition) is 1. The Kier molecular flexibility index (Phi) is 11.1. The number of esters is 3. The molecule has 1 aliphatic heterocycles. The monoisotopic (exact) mass is 429 g/mol. The first kappa shape index (κ1) is 25.6. The number of carbonyl (C=O) groups excluding carboxylic acids is 4. The van der Waals surface area contributed by atoms with E-state index >= 15 is 0 Å². The van der Waals surface area contributed by atoms with Crippen molar-refractivity contribution in [2.24, 2.45) is 0 Å². The van der Waals surface area contributed by atoms with Crippen molar-refractivity contribution in [3.05, 3.63) is 12.7 Å². The molecule has 3 unspecified atom stereocenters. The van der Waals surface area contributed by atoms with Crippen molar-refractivity contribution in [3.8, 4) is 0 Å². The van der Waals surface area contributed by atoms with E-state index in [1.54, 1.807) is 6.08 Å². The second-order valence-electron chi connectivity index (χ2n) is 6.88. The fourth-order valence-electron chi connectivity index (χ4n) is 3.02. The summed E-state index contributed by atoms with van der Waals surface area (Å²) in [7, 11) is 0. The van der Waals surface area contributed by atoms with Crippen LogP contribution < -0.4 is 5.32 Å². The number of ether oxygens (including phenoxy) is 5. The van der Waals surface area contributed by atoms with Crippen molar-refractivity contribution in [1.29, 1.82) is 0 Å². The highest BCUT2D eigenvalue weighted by Crippen LogP contribution is 2.28. The fraction of sp³-hybridized carbons (Fsp3) is 0.700. The molecule has 1 N–H and O–H groups in total. The molecule has 1 saturated heterocycles. The summed E-state index contributed by atoms with van der Waals surface area (Å²) in [6.07, 6.45) is -0.0397. The van der Waals surface area contributed by atoms with Crippen molar-refractivity contribution in [3.63, 3.8) is 0 Å². The Balaban J connectivity index is 3.14. The van der Waals surface area contributed by atoms with Gasteiger partial charge in [-0.3, -0.25) is 19.2 Å². The van der Waals surface area contributed by atoms with Crippen molar-refractivity contribution in [2.45, 2.75) is 77.6 Å². The van der Waals surface area contributed by atoms with Gasteiger partial charge in [0.1, 0.15) is 18.8 Å². The van der Waals surface area contributed by atoms with Gasteiger partial charge in [0.25, 0.3) is 0 Å². The number of allylic oxidation sites excluding steroid dienone is 1. The first-order valence-electron chi connectivity index (χ1n) is 9.78. The van der Waals surface area contributed by atoms with Gasteiger partial charge in [0.05, 0.1) is 0 Å². The predicted octanol–water partition coefficient (Wildman–Crippen LogP) is 1.02. The molecule has 30 heavy (non-hydrogen) atoms. The molecule has 10 nitrogen and oxygen atoms in total. The minimum atomic E-state index is -1.12. The largest absolute Gasteiger partial charge is 0.463 e. The summed E-state index contributed by atoms with van der Waals surface area (Å²) >= 11 is 0. The zero-order valence-corrected chi connectivity index (χ0v) is 17.9. The lowest BCUT2D eigenvalue weighted by atomic mass is 9.96. The lowest BCUT2D eigenvalue weighted by Crippen LogP contribution is -2.66. The van der Waals surface area contributed by atoms with Gasteiger partial charge in [0, 0.05) is 34.3 Å². The van der Waals surface area contributed by atoms with E-state index in [1.807, 2.05) is 0 Å². The Bertz CT molecular complexity index is 621. The molecule has 0 aliphatic carbocycles. The number of hydrogen-bond acceptors (Lipinski definition) is 9. The predicted molar refractivity (Wildman–Crippen MR) is 104 cm³/mol. The first-order valence-corrected chi connectivity index (χ1v) is 9.78. The van der Waals surface area contributed by atoms with E-state index in [1.165, 1.54) is 27.7 Å². The first-order chi connectivity index (χ1) is 14.1. The minimum absolute atomic E-state index is 0.256. The van der Waals surface area contributed by atoms with Crippen molar-refractivity contribution >= 4 is 23.8 Å². The highest BCUT2D eigenvalue weighted by molar-refractivity contribution is 5.73. The van der Waals surface area contributed by atoms with Crippen LogP contribution in [0.3, 0.4) is 0 Å². The van der Waals surface area contributed by atoms with Gasteiger partial charge in [-0.05, 0) is 19.3 Å². The molecule has 10 heteroatoms. The zero-order chi connectivity index (χ0) is 22.7. The number of nitrogens with one attached hydrogen (secondary N) is 1. The summed E-state index contributed by atoms with van der Waals surface area (Å²) in [5, 5.41) is 2.65. The van der Waals surface area contributed by atoms with Gasteiger partial charge < -0.3 is 29.0 Å². The molecular formula is C20H31NO9. The van der Waals surface area contributed by atoms with Crippen molar-refractivity contribution < 1.29 is 42.9 Å². The van der Waals surface area contributed by atoms with Crippen molar-refractivity contribution in [1.82, 2.24) is 5.32 Å². The van der Waals surface area contributed by atoms with Gasteiger partial charge in [0.2, 0.25) is 5.91 Å². The zero-order valence-electron chi connectivity index (χ0n) is 17.9. The number of rotatable bonds is 11. The highest BCUT2D eigenvalue weighted by atomic mass is 16.7. The summed E-state index contributed by atoms with van der Waals surface area (Å²) in [5.74, 6) is -2.28. The normalized spacial score (nSPS) is 25.7. The van der Waals surface area contributed by atoms with E-state index in [9.17, 15) is 19.2 Å². The number of carbonyl (C=O) groups is 4. The maximum Gasteiger partial charge on any atom is 0.303 e. The molecule has 5 atom stereocenters. The van der Waals surface area contributed by atoms with Crippen LogP contribution in [0.25, 0.3) is 0 Å². The van der Waals surface area contributed by atoms with Gasteiger partial charge in [-0.25, -0.2) is 0 Å². The average molecular weight is 429 g/mol. The quantitative estimate of drug-likeness (QED) is 0.222. The summed E-state index contributed by atoms with van der Waals surface area (Å²) in [6.45, 7) is 8.60. The van der Waals surface area contributed by atoms with Gasteiger partial charge in [0.15, 0.2) is 18.5 Å². The van der Waals surface area contributed by atoms with Crippen LogP contribution in [0.2, 0.25) is 0 Å². The summed E-state index contributed by atoms with van der Waals surface area (Å²) in [5.41, 5.74) is 0. The van der Waals surface area contributed by atoms with Crippen LogP contribution in [-0.4, -0.2) is 67.7 Å². The number of unbranched alkanes of at least 4 members (excludes halogenated alkanes) is 2. The van der Waals surface area contributed by atoms with Crippen LogP contribution in [0.1, 0.15) is 47.0 Å². The smallest absolute Gasteiger partial charge is 0.303 e. The number of amides is 1. The van der Waals surface area contributed by atoms with Crippen molar-refractivity contribution in [2.75, 3.05) is 13.2 Å². The van der Waals surface area contributed by atoms with Crippen LogP contribution in [-0.2, 0) is 42.9 Å². The molecule has 0 bridgehead atoms. The maximum absolute atomic E-state index is 11.8. The molecule has 0 aromatic heterocycles. The van der Waals surface area contributed by atoms with Gasteiger partial charge in [-0.2, -0.15) is 0 Å². The van der Waals surface area contributed by atoms with E-state index in [-0.39, 0.29) is 6.61 Å². The molecule has 0 spiro atoms. The van der Waals surface area contributed by atoms with E-state index in [0.29, 0.717) is 13.0 Å². The molecule has 170 valence electrons. The molecule has 0 aromatic carbocycles. The molecule has 0 radical (unpaired) electrons. The minimum Gasteiger partial charge on any atom is -0.463 e. The Hall–Kier alpha value is -2.46. The summed E-state index contributed by atoms with van der Waals surface area (Å²) in [6, 6.07) is -0.941. The van der Waals surface area contributed by atoms with Crippen LogP contribution in [0.4, 0.5) is 0 Å². The van der Waals surface area contributed by atoms with Crippen LogP contribution >= 0.6 is 0 Å². The van der Waals surface area contributed by atoms with E-state index < -0.39 is 54.5 Å². The lowest BCUT2D eigenvalue weighted by molar-refractivity contribution is -0.277. The SMILES string of the molecule is C=CCCCCO[C@@H]1OC(COC(C)=O)[C@H](OC(C)=O)C(OC(C)=O)C1NC(C)=O. The van der Waals surface area contributed by atoms with Gasteiger partial charge in [-0.1, -0.05) is 6.08 Å². The fourth-order valence-corrected chi connectivity index (χ4v) is 3.02. The summed E-state index contributed by atoms with van der Waals surface area (Å²) < 4.78 is 27.4. The van der Waals surface area contributed by atoms with E-state index in [0.717, 1.165) is 12.8 Å². The molecule has 1 amide bonds. The molecule has 0 aromatic rings. The molecule has 1 heterocycles. The highest BCUT2D eigenvalue weighted by Gasteiger charge is 2.51. The van der Waals surface area contributed by atoms with Crippen LogP contribution in [0.5, 0.6) is 0 Å². The standard InChI is InChI=1S/C20H31NO9/c1-6-7-8-9-10-26-20-17(21-12(2)22)19(29-15(5)25)18(28-14(4)24)16(30-20)11-27-13(3)23/h6,16-20H,1,7-11H2,2-5H3,(H,21,22)/t16?,17?,18-,19?,20+/m0/s1. The molecule has 1 fully saturated rings.